The molecule has 0 bridgehead atoms. The first kappa shape index (κ1) is 65.3. The van der Waals surface area contributed by atoms with Gasteiger partial charge in [-0.2, -0.15) is 0 Å². The summed E-state index contributed by atoms with van der Waals surface area (Å²) in [7, 11) is 1.59. The van der Waals surface area contributed by atoms with Crippen LogP contribution in [0.15, 0.2) is 73.3 Å². The van der Waals surface area contributed by atoms with Crippen molar-refractivity contribution in [3.05, 3.63) is 90.1 Å². The molecule has 0 saturated carbocycles. The summed E-state index contributed by atoms with van der Waals surface area (Å²) >= 11 is 0. The van der Waals surface area contributed by atoms with Gasteiger partial charge in [0.25, 0.3) is 0 Å². The second-order valence-corrected chi connectivity index (χ2v) is 21.5. The fraction of sp³-hybridized carbons (Fsp3) is 0.518. The van der Waals surface area contributed by atoms with Crippen LogP contribution in [0.1, 0.15) is 97.4 Å². The molecule has 2 aromatic carbocycles. The Morgan fingerprint density at radius 2 is 1.21 bits per heavy atom. The number of fused-ring (bicyclic) bond motifs is 1. The number of nitrogens with two attached hydrogens (primary N) is 2. The van der Waals surface area contributed by atoms with Crippen LogP contribution in [0, 0.1) is 17.8 Å². The van der Waals surface area contributed by atoms with Gasteiger partial charge < -0.3 is 74.4 Å². The van der Waals surface area contributed by atoms with Gasteiger partial charge in [-0.3, -0.25) is 47.9 Å². The standard InChI is InChI=1S/C56H82N14O11/c1-30(2)20-40(45(71)25-47(73)65-41(50(58)75)21-31(3)4)68-55(80)44(24-36-27-60-29-63-36)66-48(74)28-62-56(81)49(32(5)6)70-51(76)33(7)64-54(79)43(23-35-26-61-38-17-13-12-16-37(35)38)69-52(77)39(18-19-46(57)72)67-53(78)42(59-8)22-34-14-10-9-11-15-34/h9-17,26-27,29-33,39-45,49,59,61,71H,18-25,28H2,1-8H3,(H2,57,72)(H2,58,75)(H,60,63)(H,62,81)(H,64,79)(H,65,73)(H,66,74)(H,67,78)(H,68,80)(H,69,77)(H,70,76)/t33-,39-,40-,41-,42+,43-,44-,45-,49-/m0/s1. The van der Waals surface area contributed by atoms with Gasteiger partial charge in [0, 0.05) is 42.6 Å². The third-order valence-electron chi connectivity index (χ3n) is 13.3. The van der Waals surface area contributed by atoms with Crippen molar-refractivity contribution in [3.63, 3.8) is 0 Å². The van der Waals surface area contributed by atoms with Crippen LogP contribution in [0.2, 0.25) is 0 Å². The average Bonchev–Trinajstić information content (AvgIpc) is 4.10. The lowest BCUT2D eigenvalue weighted by atomic mass is 9.96. The Hall–Kier alpha value is -8.19. The molecule has 442 valence electrons. The summed E-state index contributed by atoms with van der Waals surface area (Å²) in [5.74, 6) is -7.92. The lowest BCUT2D eigenvalue weighted by molar-refractivity contribution is -0.135. The summed E-state index contributed by atoms with van der Waals surface area (Å²) < 4.78 is 0. The summed E-state index contributed by atoms with van der Waals surface area (Å²) in [5, 5.41) is 36.1. The van der Waals surface area contributed by atoms with E-state index in [1.807, 2.05) is 76.2 Å². The number of primary amides is 2. The quantitative estimate of drug-likeness (QED) is 0.0275. The molecule has 0 radical (unpaired) electrons. The Kier molecular flexibility index (Phi) is 25.9. The average molecular weight is 1130 g/mol. The van der Waals surface area contributed by atoms with Crippen molar-refractivity contribution in [2.45, 2.75) is 154 Å². The summed E-state index contributed by atoms with van der Waals surface area (Å²) in [6, 6.07) is 7.29. The van der Waals surface area contributed by atoms with E-state index in [2.05, 4.69) is 62.8 Å². The minimum absolute atomic E-state index is 0.0351. The molecule has 9 atom stereocenters. The van der Waals surface area contributed by atoms with Gasteiger partial charge in [-0.1, -0.05) is 90.1 Å². The minimum atomic E-state index is -1.40. The van der Waals surface area contributed by atoms with Crippen LogP contribution in [0.3, 0.4) is 0 Å². The lowest BCUT2D eigenvalue weighted by Crippen LogP contribution is -2.59. The fourth-order valence-electron chi connectivity index (χ4n) is 8.95. The number of aromatic nitrogens is 3. The fourth-order valence-corrected chi connectivity index (χ4v) is 8.95. The molecule has 0 aliphatic heterocycles. The number of aromatic amines is 2. The highest BCUT2D eigenvalue weighted by molar-refractivity contribution is 5.97. The number of aliphatic hydroxyl groups excluding tert-OH is 1. The molecular formula is C56H82N14O11. The van der Waals surface area contributed by atoms with E-state index in [1.54, 1.807) is 33.2 Å². The molecule has 25 heteroatoms. The summed E-state index contributed by atoms with van der Waals surface area (Å²) in [5.41, 5.74) is 13.6. The maximum absolute atomic E-state index is 14.3. The number of carbonyl (C=O) groups is 10. The molecule has 10 amide bonds. The van der Waals surface area contributed by atoms with Crippen LogP contribution >= 0.6 is 0 Å². The molecule has 2 heterocycles. The van der Waals surface area contributed by atoms with Gasteiger partial charge in [0.1, 0.15) is 36.3 Å². The number of rotatable bonds is 34. The SMILES string of the molecule is CN[C@H](Cc1ccccc1)C(=O)N[C@@H](CCC(N)=O)C(=O)N[C@@H](Cc1c[nH]c2ccccc12)C(=O)N[C@@H](C)C(=O)N[C@H](C(=O)NCC(=O)N[C@@H](Cc1c[nH]cn1)C(=O)N[C@@H](CC(C)C)[C@@H](O)CC(=O)N[C@@H](CC(C)C)C(N)=O)C(C)C. The first-order valence-electron chi connectivity index (χ1n) is 27.2. The maximum Gasteiger partial charge on any atom is 0.243 e. The smallest absolute Gasteiger partial charge is 0.243 e. The van der Waals surface area contributed by atoms with E-state index >= 15 is 0 Å². The van der Waals surface area contributed by atoms with E-state index in [1.165, 1.54) is 19.4 Å². The number of para-hydroxylation sites is 1. The summed E-state index contributed by atoms with van der Waals surface area (Å²) in [6.45, 7) is 11.4. The van der Waals surface area contributed by atoms with Crippen molar-refractivity contribution in [3.8, 4) is 0 Å². The Bertz CT molecular complexity index is 2750. The zero-order valence-corrected chi connectivity index (χ0v) is 47.4. The minimum Gasteiger partial charge on any atom is -0.390 e. The number of nitrogens with one attached hydrogen (secondary N) is 11. The van der Waals surface area contributed by atoms with Crippen molar-refractivity contribution in [2.24, 2.45) is 29.2 Å². The molecule has 81 heavy (non-hydrogen) atoms. The van der Waals surface area contributed by atoms with Gasteiger partial charge in [-0.05, 0) is 74.6 Å². The molecule has 0 saturated heterocycles. The molecule has 4 rings (SSSR count). The monoisotopic (exact) mass is 1130 g/mol. The zero-order valence-electron chi connectivity index (χ0n) is 47.4. The van der Waals surface area contributed by atoms with Gasteiger partial charge in [0.05, 0.1) is 43.2 Å². The Labute approximate surface area is 471 Å². The molecule has 2 aromatic heterocycles. The van der Waals surface area contributed by atoms with E-state index in [-0.39, 0.29) is 56.8 Å². The molecule has 0 unspecified atom stereocenters. The number of amides is 10. The normalized spacial score (nSPS) is 14.7. The third-order valence-corrected chi connectivity index (χ3v) is 13.3. The number of H-pyrrole nitrogens is 2. The van der Waals surface area contributed by atoms with Crippen LogP contribution < -0.4 is 59.3 Å². The highest BCUT2D eigenvalue weighted by Crippen LogP contribution is 2.20. The van der Waals surface area contributed by atoms with Gasteiger partial charge in [-0.15, -0.1) is 0 Å². The molecule has 0 fully saturated rings. The van der Waals surface area contributed by atoms with Crippen LogP contribution in [0.25, 0.3) is 10.9 Å². The van der Waals surface area contributed by atoms with E-state index in [0.29, 0.717) is 11.3 Å². The van der Waals surface area contributed by atoms with Gasteiger partial charge in [-0.25, -0.2) is 4.98 Å². The Morgan fingerprint density at radius 3 is 1.83 bits per heavy atom. The predicted octanol–water partition coefficient (Wildman–Crippen LogP) is -0.713. The van der Waals surface area contributed by atoms with Crippen molar-refractivity contribution in [2.75, 3.05) is 13.6 Å². The van der Waals surface area contributed by atoms with Crippen LogP contribution in [0.4, 0.5) is 0 Å². The van der Waals surface area contributed by atoms with E-state index in [0.717, 1.165) is 16.5 Å². The molecule has 4 aromatic rings. The molecular weight excluding hydrogens is 1040 g/mol. The first-order chi connectivity index (χ1) is 38.3. The van der Waals surface area contributed by atoms with E-state index in [4.69, 9.17) is 11.5 Å². The van der Waals surface area contributed by atoms with E-state index < -0.39 is 132 Å². The second-order valence-electron chi connectivity index (χ2n) is 21.5. The van der Waals surface area contributed by atoms with Gasteiger partial charge in [0.2, 0.25) is 59.1 Å². The molecule has 0 spiro atoms. The van der Waals surface area contributed by atoms with Crippen molar-refractivity contribution in [1.29, 1.82) is 0 Å². The Morgan fingerprint density at radius 1 is 0.605 bits per heavy atom. The summed E-state index contributed by atoms with van der Waals surface area (Å²) in [4.78, 5) is 144. The number of aliphatic hydroxyl groups is 1. The summed E-state index contributed by atoms with van der Waals surface area (Å²) in [6.07, 6.45) is 2.84. The number of benzene rings is 2. The van der Waals surface area contributed by atoms with Crippen LogP contribution in [0.5, 0.6) is 0 Å². The van der Waals surface area contributed by atoms with Crippen molar-refractivity contribution < 1.29 is 53.1 Å². The predicted molar refractivity (Wildman–Crippen MR) is 301 cm³/mol. The maximum atomic E-state index is 14.3. The third kappa shape index (κ3) is 21.8. The molecule has 25 nitrogen and oxygen atoms in total. The number of imidazole rings is 1. The highest BCUT2D eigenvalue weighted by Gasteiger charge is 2.34. The lowest BCUT2D eigenvalue weighted by Gasteiger charge is -2.28. The zero-order chi connectivity index (χ0) is 59.9. The number of hydrogen-bond acceptors (Lipinski definition) is 13. The molecule has 16 N–H and O–H groups in total. The van der Waals surface area contributed by atoms with Crippen molar-refractivity contribution in [1.82, 2.24) is 62.8 Å². The number of hydrogen-bond donors (Lipinski definition) is 14. The Balaban J connectivity index is 1.45. The van der Waals surface area contributed by atoms with Crippen LogP contribution in [-0.2, 0) is 67.2 Å². The highest BCUT2D eigenvalue weighted by atomic mass is 16.3. The van der Waals surface area contributed by atoms with E-state index in [9.17, 15) is 53.1 Å². The first-order valence-corrected chi connectivity index (χ1v) is 27.2. The number of likely N-dealkylation sites (N-methyl/N-ethyl adjacent to an activating group) is 1. The number of carbonyl (C=O) groups excluding carboxylic acids is 10. The largest absolute Gasteiger partial charge is 0.390 e. The molecule has 0 aliphatic carbocycles. The molecule has 0 aliphatic rings. The topological polar surface area (TPSA) is 396 Å². The van der Waals surface area contributed by atoms with Crippen LogP contribution in [-0.4, -0.2) is 147 Å². The second kappa shape index (κ2) is 32.2. The van der Waals surface area contributed by atoms with Gasteiger partial charge in [0.15, 0.2) is 0 Å². The van der Waals surface area contributed by atoms with Gasteiger partial charge >= 0.3 is 0 Å². The van der Waals surface area contributed by atoms with Crippen molar-refractivity contribution >= 4 is 70.0 Å². The number of nitrogens with zero attached hydrogens (tertiary/aromatic N) is 1.